The van der Waals surface area contributed by atoms with Gasteiger partial charge in [-0.2, -0.15) is 0 Å². The van der Waals surface area contributed by atoms with Crippen molar-refractivity contribution < 1.29 is 4.79 Å². The predicted octanol–water partition coefficient (Wildman–Crippen LogP) is 1.10. The van der Waals surface area contributed by atoms with Gasteiger partial charge in [-0.05, 0) is 5.56 Å². The van der Waals surface area contributed by atoms with E-state index in [9.17, 15) is 4.79 Å². The Morgan fingerprint density at radius 3 is 2.48 bits per heavy atom. The van der Waals surface area contributed by atoms with Crippen LogP contribution >= 0.6 is 0 Å². The van der Waals surface area contributed by atoms with E-state index in [2.05, 4.69) is 10.8 Å². The van der Waals surface area contributed by atoms with Gasteiger partial charge in [-0.15, -0.1) is 6.42 Å². The van der Waals surface area contributed by atoms with Crippen molar-refractivity contribution >= 4 is 5.91 Å². The molecule has 2 atom stereocenters. The highest BCUT2D eigenvalue weighted by Gasteiger charge is 2.28. The zero-order valence-corrected chi connectivity index (χ0v) is 12.5. The molecule has 4 nitrogen and oxygen atoms in total. The maximum Gasteiger partial charge on any atom is 0.227 e. The van der Waals surface area contributed by atoms with Gasteiger partial charge < -0.3 is 10.6 Å². The van der Waals surface area contributed by atoms with Crippen LogP contribution in [0.5, 0.6) is 0 Å². The second-order valence-electron chi connectivity index (χ2n) is 5.53. The van der Waals surface area contributed by atoms with E-state index in [0.717, 1.165) is 31.7 Å². The first-order chi connectivity index (χ1) is 10.1. The molecule has 0 bridgehead atoms. The van der Waals surface area contributed by atoms with Crippen molar-refractivity contribution in [2.45, 2.75) is 13.0 Å². The third kappa shape index (κ3) is 3.84. The van der Waals surface area contributed by atoms with Crippen molar-refractivity contribution in [2.24, 2.45) is 11.7 Å². The molecule has 112 valence electrons. The summed E-state index contributed by atoms with van der Waals surface area (Å²) < 4.78 is 0. The number of carbonyl (C=O) groups excluding carboxylic acids is 1. The molecule has 1 aliphatic rings. The van der Waals surface area contributed by atoms with Crippen molar-refractivity contribution in [3.05, 3.63) is 35.9 Å². The van der Waals surface area contributed by atoms with E-state index in [1.807, 2.05) is 42.2 Å². The standard InChI is InChI=1S/C17H23N3O/c1-3-9-19-10-12-20(13-11-19)17(21)14(2)16(18)15-7-5-4-6-8-15/h1,4-8,14,16H,9-13,18H2,2H3. The van der Waals surface area contributed by atoms with Crippen molar-refractivity contribution in [1.29, 1.82) is 0 Å². The Morgan fingerprint density at radius 2 is 1.90 bits per heavy atom. The molecule has 1 aliphatic heterocycles. The maximum atomic E-state index is 12.6. The molecule has 0 aromatic heterocycles. The number of piperazine rings is 1. The van der Waals surface area contributed by atoms with E-state index in [-0.39, 0.29) is 17.9 Å². The summed E-state index contributed by atoms with van der Waals surface area (Å²) >= 11 is 0. The summed E-state index contributed by atoms with van der Waals surface area (Å²) in [6, 6.07) is 9.53. The van der Waals surface area contributed by atoms with E-state index in [1.165, 1.54) is 0 Å². The lowest BCUT2D eigenvalue weighted by Gasteiger charge is -2.36. The largest absolute Gasteiger partial charge is 0.340 e. The number of terminal acetylenes is 1. The van der Waals surface area contributed by atoms with Gasteiger partial charge in [-0.3, -0.25) is 9.69 Å². The number of amides is 1. The molecule has 1 aromatic carbocycles. The fourth-order valence-electron chi connectivity index (χ4n) is 2.66. The average Bonchev–Trinajstić information content (AvgIpc) is 2.54. The van der Waals surface area contributed by atoms with Gasteiger partial charge in [0.1, 0.15) is 0 Å². The fourth-order valence-corrected chi connectivity index (χ4v) is 2.66. The quantitative estimate of drug-likeness (QED) is 0.843. The number of nitrogens with zero attached hydrogens (tertiary/aromatic N) is 2. The summed E-state index contributed by atoms with van der Waals surface area (Å²) in [6.45, 7) is 5.69. The Balaban J connectivity index is 1.93. The van der Waals surface area contributed by atoms with Crippen LogP contribution in [0.4, 0.5) is 0 Å². The van der Waals surface area contributed by atoms with Gasteiger partial charge >= 0.3 is 0 Å². The van der Waals surface area contributed by atoms with Crippen molar-refractivity contribution in [1.82, 2.24) is 9.80 Å². The molecule has 4 heteroatoms. The number of benzene rings is 1. The fraction of sp³-hybridized carbons (Fsp3) is 0.471. The molecule has 0 aliphatic carbocycles. The zero-order chi connectivity index (χ0) is 15.2. The Kier molecular flexibility index (Phi) is 5.38. The molecule has 1 saturated heterocycles. The summed E-state index contributed by atoms with van der Waals surface area (Å²) in [5.41, 5.74) is 7.24. The molecule has 2 unspecified atom stereocenters. The minimum atomic E-state index is -0.262. The topological polar surface area (TPSA) is 49.6 Å². The molecule has 1 amide bonds. The molecule has 2 rings (SSSR count). The molecule has 1 heterocycles. The number of rotatable bonds is 4. The minimum absolute atomic E-state index is 0.131. The van der Waals surface area contributed by atoms with Crippen molar-refractivity contribution in [3.63, 3.8) is 0 Å². The van der Waals surface area contributed by atoms with Gasteiger partial charge in [0, 0.05) is 32.2 Å². The highest BCUT2D eigenvalue weighted by atomic mass is 16.2. The van der Waals surface area contributed by atoms with Gasteiger partial charge in [0.05, 0.1) is 12.5 Å². The van der Waals surface area contributed by atoms with Gasteiger partial charge in [-0.1, -0.05) is 43.2 Å². The number of hydrogen-bond acceptors (Lipinski definition) is 3. The highest BCUT2D eigenvalue weighted by molar-refractivity contribution is 5.79. The van der Waals surface area contributed by atoms with E-state index < -0.39 is 0 Å². The van der Waals surface area contributed by atoms with Crippen LogP contribution in [0.2, 0.25) is 0 Å². The lowest BCUT2D eigenvalue weighted by molar-refractivity contribution is -0.137. The Morgan fingerprint density at radius 1 is 1.29 bits per heavy atom. The molecule has 1 aromatic rings. The molecule has 0 radical (unpaired) electrons. The van der Waals surface area contributed by atoms with E-state index in [0.29, 0.717) is 6.54 Å². The van der Waals surface area contributed by atoms with Gasteiger partial charge in [0.25, 0.3) is 0 Å². The van der Waals surface area contributed by atoms with Gasteiger partial charge in [-0.25, -0.2) is 0 Å². The van der Waals surface area contributed by atoms with Crippen LogP contribution in [0.25, 0.3) is 0 Å². The van der Waals surface area contributed by atoms with E-state index >= 15 is 0 Å². The lowest BCUT2D eigenvalue weighted by Crippen LogP contribution is -2.51. The predicted molar refractivity (Wildman–Crippen MR) is 84.4 cm³/mol. The summed E-state index contributed by atoms with van der Waals surface area (Å²) in [5.74, 6) is 2.56. The average molecular weight is 285 g/mol. The SMILES string of the molecule is C#CCN1CCN(C(=O)C(C)C(N)c2ccccc2)CC1. The second-order valence-corrected chi connectivity index (χ2v) is 5.53. The second kappa shape index (κ2) is 7.26. The molecule has 21 heavy (non-hydrogen) atoms. The summed E-state index contributed by atoms with van der Waals surface area (Å²) in [7, 11) is 0. The monoisotopic (exact) mass is 285 g/mol. The van der Waals surface area contributed by atoms with Crippen molar-refractivity contribution in [3.8, 4) is 12.3 Å². The third-order valence-electron chi connectivity index (χ3n) is 4.11. The Hall–Kier alpha value is -1.83. The summed E-state index contributed by atoms with van der Waals surface area (Å²) in [5, 5.41) is 0. The van der Waals surface area contributed by atoms with Crippen LogP contribution in [-0.4, -0.2) is 48.4 Å². The first-order valence-electron chi connectivity index (χ1n) is 7.38. The molecule has 1 fully saturated rings. The number of nitrogens with two attached hydrogens (primary N) is 1. The third-order valence-corrected chi connectivity index (χ3v) is 4.11. The molecular formula is C17H23N3O. The normalized spacial score (nSPS) is 18.8. The highest BCUT2D eigenvalue weighted by Crippen LogP contribution is 2.21. The van der Waals surface area contributed by atoms with Crippen molar-refractivity contribution in [2.75, 3.05) is 32.7 Å². The number of carbonyl (C=O) groups is 1. The smallest absolute Gasteiger partial charge is 0.227 e. The maximum absolute atomic E-state index is 12.6. The lowest BCUT2D eigenvalue weighted by atomic mass is 9.94. The zero-order valence-electron chi connectivity index (χ0n) is 12.5. The van der Waals surface area contributed by atoms with Crippen LogP contribution in [0.1, 0.15) is 18.5 Å². The first kappa shape index (κ1) is 15.6. The Bertz CT molecular complexity index is 501. The summed E-state index contributed by atoms with van der Waals surface area (Å²) in [4.78, 5) is 16.7. The van der Waals surface area contributed by atoms with Gasteiger partial charge in [0.15, 0.2) is 0 Å². The van der Waals surface area contributed by atoms with E-state index in [1.54, 1.807) is 0 Å². The van der Waals surface area contributed by atoms with Crippen LogP contribution in [0.3, 0.4) is 0 Å². The molecule has 2 N–H and O–H groups in total. The molecule has 0 saturated carbocycles. The van der Waals surface area contributed by atoms with Gasteiger partial charge in [0.2, 0.25) is 5.91 Å². The molecule has 0 spiro atoms. The Labute approximate surface area is 126 Å². The summed E-state index contributed by atoms with van der Waals surface area (Å²) in [6.07, 6.45) is 5.32. The van der Waals surface area contributed by atoms with Crippen LogP contribution in [-0.2, 0) is 4.79 Å². The van der Waals surface area contributed by atoms with Crippen LogP contribution in [0.15, 0.2) is 30.3 Å². The first-order valence-corrected chi connectivity index (χ1v) is 7.38. The molecular weight excluding hydrogens is 262 g/mol. The minimum Gasteiger partial charge on any atom is -0.340 e. The van der Waals surface area contributed by atoms with Crippen LogP contribution in [0, 0.1) is 18.3 Å². The van der Waals surface area contributed by atoms with E-state index in [4.69, 9.17) is 12.2 Å². The number of hydrogen-bond donors (Lipinski definition) is 1. The van der Waals surface area contributed by atoms with Crippen LogP contribution < -0.4 is 5.73 Å².